The van der Waals surface area contributed by atoms with E-state index in [2.05, 4.69) is 5.32 Å². The predicted octanol–water partition coefficient (Wildman–Crippen LogP) is 3.03. The molecule has 0 aliphatic heterocycles. The van der Waals surface area contributed by atoms with Crippen molar-refractivity contribution in [2.75, 3.05) is 11.9 Å². The van der Waals surface area contributed by atoms with Gasteiger partial charge in [-0.1, -0.05) is 17.7 Å². The van der Waals surface area contributed by atoms with Crippen LogP contribution in [0, 0.1) is 15.9 Å². The number of primary sulfonamides is 1. The zero-order valence-corrected chi connectivity index (χ0v) is 17.8. The molecule has 0 spiro atoms. The molecule has 1 aliphatic carbocycles. The van der Waals surface area contributed by atoms with Gasteiger partial charge in [-0.2, -0.15) is 0 Å². The van der Waals surface area contributed by atoms with Gasteiger partial charge in [0.2, 0.25) is 15.9 Å². The van der Waals surface area contributed by atoms with Crippen LogP contribution >= 0.6 is 11.6 Å². The van der Waals surface area contributed by atoms with Gasteiger partial charge < -0.3 is 10.2 Å². The molecule has 9 nitrogen and oxygen atoms in total. The predicted molar refractivity (Wildman–Crippen MR) is 113 cm³/mol. The van der Waals surface area contributed by atoms with Gasteiger partial charge in [-0.15, -0.1) is 0 Å². The summed E-state index contributed by atoms with van der Waals surface area (Å²) >= 11 is 6.07. The van der Waals surface area contributed by atoms with Crippen LogP contribution < -0.4 is 10.5 Å². The molecule has 1 fully saturated rings. The smallest absolute Gasteiger partial charge is 0.293 e. The normalized spacial score (nSPS) is 13.6. The molecule has 31 heavy (non-hydrogen) atoms. The molecule has 1 saturated carbocycles. The summed E-state index contributed by atoms with van der Waals surface area (Å²) in [7, 11) is -4.09. The number of nitrogens with zero attached hydrogens (tertiary/aromatic N) is 2. The number of rotatable bonds is 9. The van der Waals surface area contributed by atoms with Crippen molar-refractivity contribution in [3.63, 3.8) is 0 Å². The molecule has 12 heteroatoms. The van der Waals surface area contributed by atoms with Crippen LogP contribution in [-0.4, -0.2) is 36.7 Å². The fourth-order valence-corrected chi connectivity index (χ4v) is 3.85. The number of sulfonamides is 1. The van der Waals surface area contributed by atoms with Gasteiger partial charge in [-0.25, -0.2) is 17.9 Å². The van der Waals surface area contributed by atoms with E-state index in [0.717, 1.165) is 25.0 Å². The van der Waals surface area contributed by atoms with Gasteiger partial charge >= 0.3 is 0 Å². The molecule has 0 saturated heterocycles. The van der Waals surface area contributed by atoms with Crippen LogP contribution in [0.15, 0.2) is 41.3 Å². The second kappa shape index (κ2) is 9.16. The summed E-state index contributed by atoms with van der Waals surface area (Å²) < 4.78 is 36.9. The van der Waals surface area contributed by atoms with Gasteiger partial charge in [0.15, 0.2) is 0 Å². The number of hydrogen-bond donors (Lipinski definition) is 2. The number of halogens is 2. The lowest BCUT2D eigenvalue weighted by atomic mass is 10.2. The third-order valence-electron chi connectivity index (χ3n) is 4.85. The highest BCUT2D eigenvalue weighted by atomic mass is 35.5. The van der Waals surface area contributed by atoms with Crippen LogP contribution in [0.5, 0.6) is 0 Å². The Hall–Kier alpha value is -2.76. The minimum Gasteiger partial charge on any atom is -0.379 e. The summed E-state index contributed by atoms with van der Waals surface area (Å²) in [5, 5.41) is 19.3. The number of nitro groups is 1. The lowest BCUT2D eigenvalue weighted by Gasteiger charge is -2.23. The van der Waals surface area contributed by atoms with Crippen molar-refractivity contribution >= 4 is 38.9 Å². The van der Waals surface area contributed by atoms with Gasteiger partial charge in [-0.05, 0) is 37.1 Å². The maximum atomic E-state index is 14.1. The van der Waals surface area contributed by atoms with E-state index in [-0.39, 0.29) is 52.6 Å². The Morgan fingerprint density at radius 3 is 2.61 bits per heavy atom. The van der Waals surface area contributed by atoms with Crippen LogP contribution in [-0.2, 0) is 21.4 Å². The third kappa shape index (κ3) is 5.69. The monoisotopic (exact) mass is 470 g/mol. The van der Waals surface area contributed by atoms with E-state index < -0.39 is 26.5 Å². The van der Waals surface area contributed by atoms with Crippen molar-refractivity contribution in [2.24, 2.45) is 5.14 Å². The maximum Gasteiger partial charge on any atom is 0.293 e. The molecular formula is C19H20ClFN4O5S. The van der Waals surface area contributed by atoms with E-state index >= 15 is 0 Å². The Balaban J connectivity index is 1.68. The minimum absolute atomic E-state index is 0.00331. The molecule has 0 radical (unpaired) electrons. The minimum atomic E-state index is -4.09. The van der Waals surface area contributed by atoms with E-state index in [0.29, 0.717) is 0 Å². The number of nitrogens with one attached hydrogen (secondary N) is 1. The number of anilines is 1. The summed E-state index contributed by atoms with van der Waals surface area (Å²) in [6.45, 7) is 0.0980. The Labute approximate surface area is 183 Å². The van der Waals surface area contributed by atoms with E-state index in [1.165, 1.54) is 18.2 Å². The Morgan fingerprint density at radius 2 is 2.03 bits per heavy atom. The second-order valence-corrected chi connectivity index (χ2v) is 9.08. The molecular weight excluding hydrogens is 451 g/mol. The molecule has 166 valence electrons. The van der Waals surface area contributed by atoms with E-state index in [4.69, 9.17) is 16.7 Å². The highest BCUT2D eigenvalue weighted by Crippen LogP contribution is 2.31. The summed E-state index contributed by atoms with van der Waals surface area (Å²) in [6, 6.07) is 7.55. The van der Waals surface area contributed by atoms with E-state index in [1.807, 2.05) is 0 Å². The van der Waals surface area contributed by atoms with Crippen LogP contribution in [0.25, 0.3) is 0 Å². The zero-order chi connectivity index (χ0) is 22.8. The molecule has 3 rings (SSSR count). The molecule has 1 aliphatic rings. The van der Waals surface area contributed by atoms with Crippen molar-refractivity contribution in [2.45, 2.75) is 36.7 Å². The first-order valence-electron chi connectivity index (χ1n) is 9.35. The average Bonchev–Trinajstić information content (AvgIpc) is 3.52. The van der Waals surface area contributed by atoms with Crippen molar-refractivity contribution in [3.05, 3.63) is 62.9 Å². The molecule has 2 aromatic rings. The standard InChI is InChI=1S/C19H20ClFN4O5S/c20-15-2-1-3-16(21)14(15)11-24(12-4-5-12)19(26)8-9-23-17-7-6-13(31(22,29)30)10-18(17)25(27)28/h1-3,6-7,10,12,23H,4-5,8-9,11H2,(H2,22,29,30). The summed E-state index contributed by atoms with van der Waals surface area (Å²) in [5.41, 5.74) is -0.178. The number of nitro benzene ring substituents is 1. The summed E-state index contributed by atoms with van der Waals surface area (Å²) in [5.74, 6) is -0.743. The molecule has 2 aromatic carbocycles. The highest BCUT2D eigenvalue weighted by Gasteiger charge is 2.33. The fraction of sp³-hybridized carbons (Fsp3) is 0.316. The third-order valence-corrected chi connectivity index (χ3v) is 6.11. The number of amides is 1. The summed E-state index contributed by atoms with van der Waals surface area (Å²) in [4.78, 5) is 24.4. The van der Waals surface area contributed by atoms with Gasteiger partial charge in [0.05, 0.1) is 16.4 Å². The molecule has 0 unspecified atom stereocenters. The summed E-state index contributed by atoms with van der Waals surface area (Å²) in [6.07, 6.45) is 1.62. The number of carbonyl (C=O) groups excluding carboxylic acids is 1. The Bertz CT molecular complexity index is 1100. The number of benzene rings is 2. The number of nitrogens with two attached hydrogens (primary N) is 1. The van der Waals surface area contributed by atoms with Gasteiger partial charge in [0.25, 0.3) is 5.69 Å². The first-order chi connectivity index (χ1) is 14.6. The van der Waals surface area contributed by atoms with Crippen molar-refractivity contribution in [1.29, 1.82) is 0 Å². The molecule has 0 atom stereocenters. The Morgan fingerprint density at radius 1 is 1.32 bits per heavy atom. The van der Waals surface area contributed by atoms with E-state index in [1.54, 1.807) is 11.0 Å². The highest BCUT2D eigenvalue weighted by molar-refractivity contribution is 7.89. The molecule has 1 amide bonds. The molecule has 0 aromatic heterocycles. The SMILES string of the molecule is NS(=O)(=O)c1ccc(NCCC(=O)N(Cc2c(F)cccc2Cl)C2CC2)c([N+](=O)[O-])c1. The average molecular weight is 471 g/mol. The topological polar surface area (TPSA) is 136 Å². The molecule has 3 N–H and O–H groups in total. The Kier molecular flexibility index (Phi) is 6.77. The largest absolute Gasteiger partial charge is 0.379 e. The van der Waals surface area contributed by atoms with Crippen molar-refractivity contribution < 1.29 is 22.5 Å². The lowest BCUT2D eigenvalue weighted by Crippen LogP contribution is -2.34. The number of carbonyl (C=O) groups is 1. The fourth-order valence-electron chi connectivity index (χ4n) is 3.10. The van der Waals surface area contributed by atoms with Crippen LogP contribution in [0.2, 0.25) is 5.02 Å². The number of hydrogen-bond acceptors (Lipinski definition) is 6. The zero-order valence-electron chi connectivity index (χ0n) is 16.3. The molecule has 0 bridgehead atoms. The lowest BCUT2D eigenvalue weighted by molar-refractivity contribution is -0.384. The van der Waals surface area contributed by atoms with Crippen molar-refractivity contribution in [1.82, 2.24) is 4.90 Å². The second-order valence-electron chi connectivity index (χ2n) is 7.11. The maximum absolute atomic E-state index is 14.1. The van der Waals surface area contributed by atoms with E-state index in [9.17, 15) is 27.7 Å². The first-order valence-corrected chi connectivity index (χ1v) is 11.3. The van der Waals surface area contributed by atoms with Crippen LogP contribution in [0.3, 0.4) is 0 Å². The van der Waals surface area contributed by atoms with Gasteiger partial charge in [-0.3, -0.25) is 14.9 Å². The quantitative estimate of drug-likeness (QED) is 0.427. The van der Waals surface area contributed by atoms with Crippen molar-refractivity contribution in [3.8, 4) is 0 Å². The van der Waals surface area contributed by atoms with Crippen LogP contribution in [0.4, 0.5) is 15.8 Å². The van der Waals surface area contributed by atoms with Crippen LogP contribution in [0.1, 0.15) is 24.8 Å². The van der Waals surface area contributed by atoms with Gasteiger partial charge in [0, 0.05) is 35.7 Å². The van der Waals surface area contributed by atoms with Gasteiger partial charge in [0.1, 0.15) is 11.5 Å². The molecule has 0 heterocycles. The first kappa shape index (κ1) is 22.9.